The highest BCUT2D eigenvalue weighted by Crippen LogP contribution is 2.24. The summed E-state index contributed by atoms with van der Waals surface area (Å²) in [5.41, 5.74) is 4.84. The number of nitrogens with zero attached hydrogens (tertiary/aromatic N) is 8. The number of pyridine rings is 1. The zero-order valence-electron chi connectivity index (χ0n) is 18.2. The first-order valence-corrected chi connectivity index (χ1v) is 10.6. The second kappa shape index (κ2) is 8.35. The molecule has 4 aromatic rings. The monoisotopic (exact) mass is 427 g/mol. The summed E-state index contributed by atoms with van der Waals surface area (Å²) >= 11 is 0. The van der Waals surface area contributed by atoms with E-state index in [9.17, 15) is 0 Å². The van der Waals surface area contributed by atoms with E-state index in [4.69, 9.17) is 0 Å². The second-order valence-electron chi connectivity index (χ2n) is 7.94. The topological polar surface area (TPSA) is 87.4 Å². The third kappa shape index (κ3) is 4.02. The molecule has 0 saturated carbocycles. The van der Waals surface area contributed by atoms with Gasteiger partial charge in [-0.2, -0.15) is 5.10 Å². The maximum atomic E-state index is 4.61. The molecule has 0 aliphatic carbocycles. The lowest BCUT2D eigenvalue weighted by molar-refractivity contribution is 0.312. The van der Waals surface area contributed by atoms with E-state index in [-0.39, 0.29) is 0 Å². The number of piperazine rings is 1. The molecule has 32 heavy (non-hydrogen) atoms. The first-order chi connectivity index (χ1) is 15.6. The first-order valence-electron chi connectivity index (χ1n) is 10.6. The summed E-state index contributed by atoms with van der Waals surface area (Å²) in [6, 6.07) is 7.87. The number of aryl methyl sites for hydroxylation is 1. The Morgan fingerprint density at radius 3 is 2.59 bits per heavy atom. The molecule has 0 amide bonds. The predicted octanol–water partition coefficient (Wildman–Crippen LogP) is 2.78. The van der Waals surface area contributed by atoms with Crippen molar-refractivity contribution in [2.75, 3.05) is 43.4 Å². The van der Waals surface area contributed by atoms with Crippen LogP contribution in [0.2, 0.25) is 0 Å². The zero-order chi connectivity index (χ0) is 22.1. The zero-order valence-corrected chi connectivity index (χ0v) is 18.2. The van der Waals surface area contributed by atoms with Crippen LogP contribution >= 0.6 is 0 Å². The molecule has 1 aliphatic heterocycles. The van der Waals surface area contributed by atoms with Crippen molar-refractivity contribution in [1.29, 1.82) is 0 Å². The van der Waals surface area contributed by atoms with Crippen molar-refractivity contribution in [2.45, 2.75) is 6.92 Å². The predicted molar refractivity (Wildman–Crippen MR) is 125 cm³/mol. The van der Waals surface area contributed by atoms with Gasteiger partial charge in [0, 0.05) is 55.9 Å². The lowest BCUT2D eigenvalue weighted by atomic mass is 10.1. The molecule has 0 aromatic carbocycles. The molecule has 9 heteroatoms. The van der Waals surface area contributed by atoms with Crippen LogP contribution in [0, 0.1) is 6.92 Å². The Morgan fingerprint density at radius 1 is 1.00 bits per heavy atom. The summed E-state index contributed by atoms with van der Waals surface area (Å²) in [7, 11) is 2.15. The first kappa shape index (κ1) is 20.1. The smallest absolute Gasteiger partial charge is 0.227 e. The highest BCUT2D eigenvalue weighted by atomic mass is 15.3. The molecule has 0 radical (unpaired) electrons. The number of anilines is 3. The Hall–Kier alpha value is -3.85. The van der Waals surface area contributed by atoms with Crippen LogP contribution in [0.5, 0.6) is 0 Å². The van der Waals surface area contributed by atoms with Crippen LogP contribution in [-0.4, -0.2) is 67.7 Å². The van der Waals surface area contributed by atoms with Gasteiger partial charge in [-0.15, -0.1) is 0 Å². The third-order valence-corrected chi connectivity index (χ3v) is 5.70. The summed E-state index contributed by atoms with van der Waals surface area (Å²) in [5, 5.41) is 7.80. The van der Waals surface area contributed by atoms with Crippen LogP contribution in [-0.2, 0) is 0 Å². The van der Waals surface area contributed by atoms with E-state index in [1.807, 2.05) is 43.6 Å². The Bertz CT molecular complexity index is 1250. The number of aromatic nitrogens is 6. The van der Waals surface area contributed by atoms with Crippen LogP contribution in [0.25, 0.3) is 11.2 Å². The van der Waals surface area contributed by atoms with Gasteiger partial charge in [-0.25, -0.2) is 24.5 Å². The maximum Gasteiger partial charge on any atom is 0.227 e. The number of likely N-dealkylation sites (N-methyl/N-ethyl adjacent to an activating group) is 1. The fraction of sp³-hybridized carbons (Fsp3) is 0.261. The Balaban J connectivity index is 1.29. The molecule has 1 N–H and O–H groups in total. The van der Waals surface area contributed by atoms with Gasteiger partial charge in [0.05, 0.1) is 23.3 Å². The molecule has 0 bridgehead atoms. The van der Waals surface area contributed by atoms with Crippen molar-refractivity contribution >= 4 is 28.7 Å². The van der Waals surface area contributed by atoms with Crippen LogP contribution in [0.4, 0.5) is 17.5 Å². The van der Waals surface area contributed by atoms with Gasteiger partial charge in [0.2, 0.25) is 5.95 Å². The van der Waals surface area contributed by atoms with Gasteiger partial charge in [-0.3, -0.25) is 0 Å². The SMILES string of the molecule is C=C(c1ccc2nccn2n1)c1cnc(Nc2ccc(N3CCN(C)CC3)nc2)nc1C. The quantitative estimate of drug-likeness (QED) is 0.520. The minimum absolute atomic E-state index is 0.520. The largest absolute Gasteiger partial charge is 0.354 e. The standard InChI is InChI=1S/C23H25N9/c1-16(20-5-7-22-24-8-9-32(22)29-20)19-15-26-23(27-17(19)2)28-18-4-6-21(25-14-18)31-12-10-30(3)11-13-31/h4-9,14-15H,1,10-13H2,2-3H3,(H,26,27,28). The van der Waals surface area contributed by atoms with Crippen LogP contribution in [0.15, 0.2) is 55.6 Å². The molecule has 9 nitrogen and oxygen atoms in total. The molecule has 5 heterocycles. The molecule has 1 saturated heterocycles. The van der Waals surface area contributed by atoms with Crippen molar-refractivity contribution in [1.82, 2.24) is 34.4 Å². The lowest BCUT2D eigenvalue weighted by Gasteiger charge is -2.33. The van der Waals surface area contributed by atoms with Crippen LogP contribution < -0.4 is 10.2 Å². The minimum atomic E-state index is 0.520. The van der Waals surface area contributed by atoms with E-state index in [1.165, 1.54) is 0 Å². The number of hydrogen-bond donors (Lipinski definition) is 1. The normalized spacial score (nSPS) is 14.6. The number of hydrogen-bond acceptors (Lipinski definition) is 8. The van der Waals surface area contributed by atoms with E-state index in [2.05, 4.69) is 53.8 Å². The molecular formula is C23H25N9. The molecule has 5 rings (SSSR count). The van der Waals surface area contributed by atoms with Crippen molar-refractivity contribution in [3.8, 4) is 0 Å². The van der Waals surface area contributed by atoms with E-state index in [1.54, 1.807) is 16.9 Å². The Labute approximate surface area is 186 Å². The third-order valence-electron chi connectivity index (χ3n) is 5.70. The summed E-state index contributed by atoms with van der Waals surface area (Å²) in [4.78, 5) is 22.6. The number of nitrogens with one attached hydrogen (secondary N) is 1. The van der Waals surface area contributed by atoms with Crippen molar-refractivity contribution in [3.63, 3.8) is 0 Å². The van der Waals surface area contributed by atoms with Crippen molar-refractivity contribution < 1.29 is 0 Å². The molecule has 162 valence electrons. The molecule has 0 spiro atoms. The van der Waals surface area contributed by atoms with Gasteiger partial charge >= 0.3 is 0 Å². The Morgan fingerprint density at radius 2 is 1.84 bits per heavy atom. The van der Waals surface area contributed by atoms with Gasteiger partial charge in [-0.05, 0) is 38.2 Å². The van der Waals surface area contributed by atoms with E-state index in [0.29, 0.717) is 5.95 Å². The summed E-state index contributed by atoms with van der Waals surface area (Å²) < 4.78 is 1.73. The van der Waals surface area contributed by atoms with Crippen molar-refractivity contribution in [2.24, 2.45) is 0 Å². The van der Waals surface area contributed by atoms with Gasteiger partial charge in [0.25, 0.3) is 0 Å². The number of imidazole rings is 1. The van der Waals surface area contributed by atoms with Gasteiger partial charge < -0.3 is 15.1 Å². The van der Waals surface area contributed by atoms with Crippen LogP contribution in [0.1, 0.15) is 17.0 Å². The van der Waals surface area contributed by atoms with Crippen LogP contribution in [0.3, 0.4) is 0 Å². The molecule has 0 unspecified atom stereocenters. The lowest BCUT2D eigenvalue weighted by Crippen LogP contribution is -2.44. The van der Waals surface area contributed by atoms with Crippen molar-refractivity contribution in [3.05, 3.63) is 72.6 Å². The molecule has 1 fully saturated rings. The highest BCUT2D eigenvalue weighted by molar-refractivity contribution is 5.77. The van der Waals surface area contributed by atoms with E-state index >= 15 is 0 Å². The second-order valence-corrected chi connectivity index (χ2v) is 7.94. The van der Waals surface area contributed by atoms with Gasteiger partial charge in [-0.1, -0.05) is 6.58 Å². The molecule has 4 aromatic heterocycles. The average Bonchev–Trinajstić information content (AvgIpc) is 3.28. The number of rotatable bonds is 5. The maximum absolute atomic E-state index is 4.61. The van der Waals surface area contributed by atoms with Gasteiger partial charge in [0.15, 0.2) is 5.65 Å². The molecular weight excluding hydrogens is 402 g/mol. The summed E-state index contributed by atoms with van der Waals surface area (Å²) in [6.45, 7) is 10.2. The summed E-state index contributed by atoms with van der Waals surface area (Å²) in [6.07, 6.45) is 7.13. The minimum Gasteiger partial charge on any atom is -0.354 e. The fourth-order valence-corrected chi connectivity index (χ4v) is 3.75. The fourth-order valence-electron chi connectivity index (χ4n) is 3.75. The Kier molecular flexibility index (Phi) is 5.24. The van der Waals surface area contributed by atoms with E-state index < -0.39 is 0 Å². The average molecular weight is 428 g/mol. The van der Waals surface area contributed by atoms with Gasteiger partial charge in [0.1, 0.15) is 5.82 Å². The number of fused-ring (bicyclic) bond motifs is 1. The molecule has 1 aliphatic rings. The highest BCUT2D eigenvalue weighted by Gasteiger charge is 2.15. The van der Waals surface area contributed by atoms with E-state index in [0.717, 1.165) is 65.9 Å². The molecule has 0 atom stereocenters. The summed E-state index contributed by atoms with van der Waals surface area (Å²) in [5.74, 6) is 1.51.